The van der Waals surface area contributed by atoms with Crippen molar-refractivity contribution < 1.29 is 14.9 Å². The van der Waals surface area contributed by atoms with Crippen LogP contribution in [-0.2, 0) is 32.1 Å². The van der Waals surface area contributed by atoms with Crippen LogP contribution in [0, 0.1) is 0 Å². The van der Waals surface area contributed by atoms with Crippen LogP contribution in [0.4, 0.5) is 0 Å². The van der Waals surface area contributed by atoms with Crippen LogP contribution in [0.5, 0.6) is 0 Å². The van der Waals surface area contributed by atoms with Gasteiger partial charge in [-0.05, 0) is 0 Å². The molecule has 239 valence electrons. The number of hydrogen-bond acceptors (Lipinski definition) is 0. The first-order valence-electron chi connectivity index (χ1n) is 16.1. The van der Waals surface area contributed by atoms with Gasteiger partial charge in [0, 0.05) is 0 Å². The van der Waals surface area contributed by atoms with E-state index in [9.17, 15) is 0 Å². The molecule has 0 saturated carbocycles. The van der Waals surface area contributed by atoms with Gasteiger partial charge in [0.15, 0.2) is 0 Å². The Labute approximate surface area is 279 Å². The van der Waals surface area contributed by atoms with Crippen LogP contribution in [0.25, 0.3) is 11.1 Å². The summed E-state index contributed by atoms with van der Waals surface area (Å²) in [5.41, 5.74) is 9.14. The minimum absolute atomic E-state index is 0. The van der Waals surface area contributed by atoms with E-state index in [0.717, 1.165) is 12.8 Å². The topological polar surface area (TPSA) is 0 Å². The molecule has 0 nitrogen and oxygen atoms in total. The molecule has 5 rings (SSSR count). The molecule has 3 aromatic rings. The predicted octanol–water partition coefficient (Wildman–Crippen LogP) is 10.8. The Hall–Kier alpha value is -1.11. The summed E-state index contributed by atoms with van der Waals surface area (Å²) in [5, 5.41) is -4.36. The Kier molecular flexibility index (Phi) is 9.32. The number of rotatable bonds is 5. The van der Waals surface area contributed by atoms with Crippen molar-refractivity contribution in [2.75, 3.05) is 0 Å². The molecule has 2 aliphatic carbocycles. The number of allylic oxidation sites excluding steroid dienone is 4. The van der Waals surface area contributed by atoms with E-state index < -0.39 is 25.4 Å². The summed E-state index contributed by atoms with van der Waals surface area (Å²) < 4.78 is 11.4. The third-order valence-corrected chi connectivity index (χ3v) is 180. The Balaban J connectivity index is 0.00000264. The zero-order valence-corrected chi connectivity index (χ0v) is 36.7. The van der Waals surface area contributed by atoms with Gasteiger partial charge < -0.3 is 0 Å². The van der Waals surface area contributed by atoms with Gasteiger partial charge in [-0.1, -0.05) is 0 Å². The molecule has 0 aliphatic heterocycles. The molecule has 0 heterocycles. The van der Waals surface area contributed by atoms with Crippen molar-refractivity contribution in [3.63, 3.8) is 0 Å². The fraction of sp³-hybridized carbons (Fsp3) is 0.410. The molecule has 0 unspecified atom stereocenters. The summed E-state index contributed by atoms with van der Waals surface area (Å²) >= 11 is -5.54. The summed E-state index contributed by atoms with van der Waals surface area (Å²) in [6.07, 6.45) is 9.46. The van der Waals surface area contributed by atoms with Gasteiger partial charge in [0.1, 0.15) is 0 Å². The van der Waals surface area contributed by atoms with Gasteiger partial charge in [-0.15, -0.1) is 24.8 Å². The number of hydrogen-bond donors (Lipinski definition) is 0. The summed E-state index contributed by atoms with van der Waals surface area (Å²) in [6.45, 7) is 31.2. The predicted molar refractivity (Wildman–Crippen MR) is 208 cm³/mol. The van der Waals surface area contributed by atoms with Crippen molar-refractivity contribution in [3.05, 3.63) is 104 Å². The van der Waals surface area contributed by atoms with Gasteiger partial charge >= 0.3 is 256 Å². The van der Waals surface area contributed by atoms with E-state index in [4.69, 9.17) is 4.26 Å². The van der Waals surface area contributed by atoms with E-state index in [0.29, 0.717) is 0 Å². The molecule has 5 heteroatoms. The Morgan fingerprint density at radius 2 is 1.25 bits per heavy atom. The van der Waals surface area contributed by atoms with Crippen LogP contribution in [-0.4, -0.2) is 14.8 Å². The maximum atomic E-state index is 6.26. The Morgan fingerprint density at radius 1 is 0.705 bits per heavy atom. The molecular formula is C39H57Cl2HfSi2. The van der Waals surface area contributed by atoms with Gasteiger partial charge in [-0.25, -0.2) is 0 Å². The number of halogens is 2. The van der Waals surface area contributed by atoms with Crippen molar-refractivity contribution >= 4 is 46.2 Å². The fourth-order valence-electron chi connectivity index (χ4n) is 10.4. The first kappa shape index (κ1) is 37.4. The van der Waals surface area contributed by atoms with Gasteiger partial charge in [0.2, 0.25) is 0 Å². The van der Waals surface area contributed by atoms with Crippen LogP contribution in [0.3, 0.4) is 0 Å². The molecule has 0 atom stereocenters. The molecule has 44 heavy (non-hydrogen) atoms. The number of benzene rings is 3. The number of fused-ring (bicyclic) bond motifs is 3. The van der Waals surface area contributed by atoms with Gasteiger partial charge in [0.05, 0.1) is 0 Å². The normalized spacial score (nSPS) is 16.6. The zero-order chi connectivity index (χ0) is 31.2. The molecule has 0 aromatic heterocycles. The molecule has 2 aliphatic rings. The first-order chi connectivity index (χ1) is 19.2. The molecule has 0 N–H and O–H groups in total. The summed E-state index contributed by atoms with van der Waals surface area (Å²) in [5.74, 6) is 0. The maximum absolute atomic E-state index is 6.26. The van der Waals surface area contributed by atoms with Crippen LogP contribution < -0.4 is 6.64 Å². The monoisotopic (exact) mass is 831 g/mol. The molecule has 3 aromatic carbocycles. The van der Waals surface area contributed by atoms with Crippen LogP contribution >= 0.6 is 24.8 Å². The average Bonchev–Trinajstić information content (AvgIpc) is 3.54. The standard InChI is InChI=1S/C21H25.C6H5.C5H5.2C3H9Si.CH2.2ClH.Hf/c1-20(2,3)18-12-15-11-14-9-7-8-10-16(14)17(15)13-19(18)21(4,5)6;1-2-4-6-5-3-1;1-2-4-5-3-1;2*1-4(2)3;;;;/h7-10,13H,11H2,1-6H3;1-5H;1-3H,4H2;2*1-3H3;1H2;2*1H;. The van der Waals surface area contributed by atoms with E-state index in [1.807, 2.05) is 0 Å². The van der Waals surface area contributed by atoms with Crippen LogP contribution in [0.15, 0.2) is 82.2 Å². The molecule has 0 fully saturated rings. The minimum atomic E-state index is -5.54. The quantitative estimate of drug-likeness (QED) is 0.176. The fourth-order valence-corrected chi connectivity index (χ4v) is 183. The van der Waals surface area contributed by atoms with Crippen LogP contribution in [0.1, 0.15) is 70.2 Å². The van der Waals surface area contributed by atoms with E-state index in [1.165, 1.54) is 22.3 Å². The second kappa shape index (κ2) is 11.0. The van der Waals surface area contributed by atoms with E-state index >= 15 is 0 Å². The van der Waals surface area contributed by atoms with Crippen molar-refractivity contribution in [1.82, 2.24) is 0 Å². The summed E-state index contributed by atoms with van der Waals surface area (Å²) in [4.78, 5) is 0. The Bertz CT molecular complexity index is 1730. The second-order valence-electron chi connectivity index (χ2n) is 17.9. The van der Waals surface area contributed by atoms with E-state index in [1.54, 1.807) is 21.1 Å². The molecule has 0 radical (unpaired) electrons. The van der Waals surface area contributed by atoms with Crippen molar-refractivity contribution in [3.8, 4) is 11.1 Å². The average molecular weight is 831 g/mol. The molecule has 0 bridgehead atoms. The molecule has 0 amide bonds. The van der Waals surface area contributed by atoms with E-state index in [2.05, 4.69) is 160 Å². The van der Waals surface area contributed by atoms with Gasteiger partial charge in [-0.3, -0.25) is 0 Å². The third-order valence-electron chi connectivity index (χ3n) is 12.6. The third kappa shape index (κ3) is 4.17. The molecule has 0 saturated heterocycles. The van der Waals surface area contributed by atoms with E-state index in [-0.39, 0.29) is 35.6 Å². The summed E-state index contributed by atoms with van der Waals surface area (Å²) in [7, 11) is 0. The SMILES string of the molecule is Cl.Cl.[CH2]=[Hf]([C]1=CC=CC1)([c]1ccccc1)([c]1c2c(cc(C(C)(C)C)c1C(C)(C)C)-c1ccccc1C2)([Si](C)(C)C)[Si](C)(C)C. The summed E-state index contributed by atoms with van der Waals surface area (Å²) in [6, 6.07) is 23.9. The second-order valence-corrected chi connectivity index (χ2v) is 107. The Morgan fingerprint density at radius 3 is 1.73 bits per heavy atom. The molecular weight excluding hydrogens is 774 g/mol. The first-order valence-corrected chi connectivity index (χ1v) is 41.8. The zero-order valence-electron chi connectivity index (χ0n) is 29.4. The van der Waals surface area contributed by atoms with Crippen molar-refractivity contribution in [2.24, 2.45) is 0 Å². The van der Waals surface area contributed by atoms with Gasteiger partial charge in [-0.2, -0.15) is 0 Å². The van der Waals surface area contributed by atoms with Gasteiger partial charge in [0.25, 0.3) is 0 Å². The van der Waals surface area contributed by atoms with Crippen molar-refractivity contribution in [1.29, 1.82) is 0 Å². The molecule has 0 spiro atoms. The van der Waals surface area contributed by atoms with Crippen molar-refractivity contribution in [2.45, 2.75) is 104 Å². The van der Waals surface area contributed by atoms with Crippen LogP contribution in [0.2, 0.25) is 39.3 Å².